The third-order valence-electron chi connectivity index (χ3n) is 10.4. The summed E-state index contributed by atoms with van der Waals surface area (Å²) in [4.78, 5) is 51.5. The third-order valence-corrected chi connectivity index (χ3v) is 11.1. The molecule has 0 unspecified atom stereocenters. The van der Waals surface area contributed by atoms with Crippen molar-refractivity contribution in [1.82, 2.24) is 59.5 Å². The second kappa shape index (κ2) is 23.7. The molecule has 0 aliphatic carbocycles. The smallest absolute Gasteiger partial charge is 0.368 e. The van der Waals surface area contributed by atoms with Crippen LogP contribution in [-0.4, -0.2) is 72.6 Å². The van der Waals surface area contributed by atoms with Crippen molar-refractivity contribution >= 4 is 77.7 Å². The van der Waals surface area contributed by atoms with Crippen LogP contribution < -0.4 is 31.1 Å². The Balaban J connectivity index is 0.000000231. The van der Waals surface area contributed by atoms with E-state index in [1.165, 1.54) is 0 Å². The number of nitrogens with one attached hydrogen (secondary N) is 3. The molecule has 0 saturated carbocycles. The minimum absolute atomic E-state index is 0. The maximum atomic E-state index is 11.0. The molecule has 367 valence electrons. The monoisotopic (exact) mass is 1020 g/mol. The molecule has 71 heavy (non-hydrogen) atoms. The summed E-state index contributed by atoms with van der Waals surface area (Å²) in [6, 6.07) is 37.8. The topological polar surface area (TPSA) is 240 Å². The predicted octanol–water partition coefficient (Wildman–Crippen LogP) is 9.98. The van der Waals surface area contributed by atoms with E-state index in [2.05, 4.69) is 30.3 Å². The Bertz CT molecular complexity index is 3280. The van der Waals surface area contributed by atoms with Gasteiger partial charge in [0.1, 0.15) is 0 Å². The fourth-order valence-electron chi connectivity index (χ4n) is 7.39. The summed E-state index contributed by atoms with van der Waals surface area (Å²) in [7, 11) is -3.22. The molecule has 0 spiro atoms. The summed E-state index contributed by atoms with van der Waals surface area (Å²) < 4.78 is 24.4. The predicted molar refractivity (Wildman–Crippen MR) is 283 cm³/mol. The van der Waals surface area contributed by atoms with Gasteiger partial charge in [0.2, 0.25) is 27.9 Å². The average Bonchev–Trinajstić information content (AvgIpc) is 4.12. The van der Waals surface area contributed by atoms with Crippen LogP contribution in [0.25, 0.3) is 89.7 Å². The van der Waals surface area contributed by atoms with Gasteiger partial charge in [-0.25, -0.2) is 23.1 Å². The van der Waals surface area contributed by atoms with Gasteiger partial charge in [-0.2, -0.15) is 15.0 Å². The van der Waals surface area contributed by atoms with E-state index < -0.39 is 10.0 Å². The van der Waals surface area contributed by atoms with Crippen LogP contribution in [0.3, 0.4) is 0 Å². The second-order valence-electron chi connectivity index (χ2n) is 15.0. The number of fused-ring (bicyclic) bond motifs is 20. The average molecular weight is 1020 g/mol. The normalized spacial score (nSPS) is 10.8. The van der Waals surface area contributed by atoms with Crippen LogP contribution in [0, 0.1) is 13.8 Å². The number of sulfonamides is 1. The SMILES string of the molecule is CC.CC.CC.Cc1ccc(C)c(Nc2nc(N)nc(NCCNS(C)(=O)=O)n2)c1.[Cu+2].c1ccc2c(c1)-c1nc-2nc2[n-]c(nc3nc(nc4[n-]c(n1)c1ccccc41)-c1ccccc1-3)c1ccccc21. The van der Waals surface area contributed by atoms with Gasteiger partial charge in [-0.15, -0.1) is 0 Å². The number of rotatable bonds is 7. The molecular formula is C52H55CuN15O2S. The molecule has 2 aliphatic rings. The van der Waals surface area contributed by atoms with Crippen LogP contribution in [0.15, 0.2) is 115 Å². The van der Waals surface area contributed by atoms with Crippen LogP contribution in [0.4, 0.5) is 23.5 Å². The minimum atomic E-state index is -3.22. The van der Waals surface area contributed by atoms with E-state index in [9.17, 15) is 8.42 Å². The molecule has 17 nitrogen and oxygen atoms in total. The Labute approximate surface area is 423 Å². The van der Waals surface area contributed by atoms with Gasteiger partial charge in [0.25, 0.3) is 0 Å². The fraction of sp³-hybridized carbons (Fsp3) is 0.212. The molecule has 0 saturated heterocycles. The first kappa shape index (κ1) is 52.7. The zero-order valence-corrected chi connectivity index (χ0v) is 42.7. The number of aromatic nitrogens is 11. The molecular weight excluding hydrogens is 962 g/mol. The summed E-state index contributed by atoms with van der Waals surface area (Å²) >= 11 is 0. The molecule has 5 aromatic carbocycles. The first-order valence-corrected chi connectivity index (χ1v) is 25.0. The first-order chi connectivity index (χ1) is 34.0. The van der Waals surface area contributed by atoms with Crippen LogP contribution in [0.2, 0.25) is 0 Å². The molecule has 4 aromatic heterocycles. The Morgan fingerprint density at radius 2 is 0.873 bits per heavy atom. The number of anilines is 4. The van der Waals surface area contributed by atoms with E-state index in [0.717, 1.165) is 66.9 Å². The summed E-state index contributed by atoms with van der Waals surface area (Å²) in [5.41, 5.74) is 14.5. The molecule has 1 radical (unpaired) electrons. The van der Waals surface area contributed by atoms with Gasteiger partial charge in [-0.3, -0.25) is 0 Å². The van der Waals surface area contributed by atoms with Crippen molar-refractivity contribution in [3.05, 3.63) is 126 Å². The quantitative estimate of drug-likeness (QED) is 0.0857. The van der Waals surface area contributed by atoms with Gasteiger partial charge >= 0.3 is 17.1 Å². The Kier molecular flexibility index (Phi) is 17.6. The number of aryl methyl sites for hydroxylation is 2. The Hall–Kier alpha value is -7.70. The molecule has 11 rings (SSSR count). The van der Waals surface area contributed by atoms with Crippen molar-refractivity contribution in [2.45, 2.75) is 55.4 Å². The van der Waals surface area contributed by atoms with Crippen LogP contribution in [0.1, 0.15) is 52.7 Å². The minimum Gasteiger partial charge on any atom is -0.368 e. The molecule has 8 bridgehead atoms. The van der Waals surface area contributed by atoms with Crippen molar-refractivity contribution in [1.29, 1.82) is 0 Å². The van der Waals surface area contributed by atoms with E-state index in [4.69, 9.17) is 45.6 Å². The maximum absolute atomic E-state index is 11.0. The number of hydrogen-bond acceptors (Lipinski definition) is 14. The first-order valence-electron chi connectivity index (χ1n) is 23.2. The fourth-order valence-corrected chi connectivity index (χ4v) is 7.86. The van der Waals surface area contributed by atoms with Crippen molar-refractivity contribution in [3.63, 3.8) is 0 Å². The Morgan fingerprint density at radius 1 is 0.493 bits per heavy atom. The van der Waals surface area contributed by atoms with E-state index in [-0.39, 0.29) is 35.5 Å². The second-order valence-corrected chi connectivity index (χ2v) is 16.9. The summed E-state index contributed by atoms with van der Waals surface area (Å²) in [5, 5.41) is 9.59. The number of nitrogen functional groups attached to an aromatic ring is 1. The molecule has 0 amide bonds. The standard InChI is InChI=1S/C32H16N8.C14H21N7O2S.3C2H6.Cu/c1-2-10-18-17(9-1)25-33-26(18)38-28-21-13-5-6-14-22(21)30(35-28)40-32-24-16-8-7-15-23(24)31(36-32)39-29-20-12-4-3-11-19(20)27(34-29)37-25;1-9-4-5-10(2)11(8-9)18-14-20-12(15)19-13(21-14)16-6-7-17-24(3,22)23;3*1-2;/h1-16H;4-5,8,17H,6-7H2,1-3H3,(H4,15,16,18,19,20,21);3*1-2H3;/q-2;;;;;+2. The number of benzene rings is 5. The van der Waals surface area contributed by atoms with Crippen molar-refractivity contribution < 1.29 is 25.5 Å². The van der Waals surface area contributed by atoms with E-state index in [1.54, 1.807) is 0 Å². The summed E-state index contributed by atoms with van der Waals surface area (Å²) in [5.74, 6) is 2.86. The maximum Gasteiger partial charge on any atom is 2.00 e. The van der Waals surface area contributed by atoms with Gasteiger partial charge in [0.05, 0.1) is 29.6 Å². The molecule has 2 aliphatic heterocycles. The molecule has 5 N–H and O–H groups in total. The van der Waals surface area contributed by atoms with Gasteiger partial charge in [0.15, 0.2) is 0 Å². The van der Waals surface area contributed by atoms with Crippen LogP contribution in [0.5, 0.6) is 0 Å². The third kappa shape index (κ3) is 12.0. The zero-order chi connectivity index (χ0) is 50.0. The van der Waals surface area contributed by atoms with Crippen LogP contribution in [-0.2, 0) is 27.1 Å². The zero-order valence-electron chi connectivity index (χ0n) is 40.9. The summed E-state index contributed by atoms with van der Waals surface area (Å²) in [6.07, 6.45) is 1.10. The number of nitrogens with zero attached hydrogens (tertiary/aromatic N) is 11. The van der Waals surface area contributed by atoms with E-state index in [1.807, 2.05) is 171 Å². The molecule has 19 heteroatoms. The summed E-state index contributed by atoms with van der Waals surface area (Å²) in [6.45, 7) is 16.5. The molecule has 0 atom stereocenters. The number of nitrogens with two attached hydrogens (primary N) is 1. The van der Waals surface area contributed by atoms with E-state index >= 15 is 0 Å². The molecule has 6 heterocycles. The van der Waals surface area contributed by atoms with Gasteiger partial charge in [-0.05, 0) is 52.6 Å². The number of hydrogen-bond donors (Lipinski definition) is 4. The Morgan fingerprint density at radius 3 is 1.27 bits per heavy atom. The van der Waals surface area contributed by atoms with Crippen molar-refractivity contribution in [2.24, 2.45) is 0 Å². The van der Waals surface area contributed by atoms with E-state index in [0.29, 0.717) is 58.4 Å². The van der Waals surface area contributed by atoms with Crippen molar-refractivity contribution in [2.75, 3.05) is 35.7 Å². The van der Waals surface area contributed by atoms with Crippen LogP contribution >= 0.6 is 0 Å². The van der Waals surface area contributed by atoms with Gasteiger partial charge in [-0.1, -0.05) is 151 Å². The van der Waals surface area contributed by atoms with Gasteiger partial charge < -0.3 is 46.3 Å². The largest absolute Gasteiger partial charge is 2.00 e. The molecule has 0 fully saturated rings. The molecule has 9 aromatic rings. The van der Waals surface area contributed by atoms with Crippen molar-refractivity contribution in [3.8, 4) is 45.6 Å². The van der Waals surface area contributed by atoms with Gasteiger partial charge in [0, 0.05) is 63.6 Å².